The second-order valence-corrected chi connectivity index (χ2v) is 6.27. The van der Waals surface area contributed by atoms with E-state index in [-0.39, 0.29) is 11.7 Å². The molecule has 0 spiro atoms. The maximum absolute atomic E-state index is 13.7. The number of carbonyl (C=O) groups is 1. The second kappa shape index (κ2) is 7.40. The van der Waals surface area contributed by atoms with Gasteiger partial charge in [0, 0.05) is 22.8 Å². The fourth-order valence-electron chi connectivity index (χ4n) is 3.12. The SMILES string of the molecule is C=CC(=O)Nc1cccc(-c2cc(-c3cccc(F)c3)cc3cncnc23)c1. The van der Waals surface area contributed by atoms with E-state index in [0.29, 0.717) is 5.69 Å². The van der Waals surface area contributed by atoms with Gasteiger partial charge in [-0.1, -0.05) is 30.8 Å². The van der Waals surface area contributed by atoms with Gasteiger partial charge in [0.15, 0.2) is 0 Å². The zero-order chi connectivity index (χ0) is 19.5. The van der Waals surface area contributed by atoms with Crippen LogP contribution in [0.3, 0.4) is 0 Å². The quantitative estimate of drug-likeness (QED) is 0.501. The number of nitrogens with one attached hydrogen (secondary N) is 1. The first-order valence-corrected chi connectivity index (χ1v) is 8.67. The summed E-state index contributed by atoms with van der Waals surface area (Å²) in [6.07, 6.45) is 4.45. The first kappa shape index (κ1) is 17.5. The van der Waals surface area contributed by atoms with Gasteiger partial charge in [-0.05, 0) is 59.2 Å². The van der Waals surface area contributed by atoms with Gasteiger partial charge in [0.1, 0.15) is 12.1 Å². The van der Waals surface area contributed by atoms with Crippen molar-refractivity contribution in [3.8, 4) is 22.3 Å². The number of carbonyl (C=O) groups excluding carboxylic acids is 1. The molecule has 0 radical (unpaired) electrons. The summed E-state index contributed by atoms with van der Waals surface area (Å²) in [5.41, 5.74) is 4.81. The molecule has 4 aromatic rings. The summed E-state index contributed by atoms with van der Waals surface area (Å²) in [5, 5.41) is 3.61. The Morgan fingerprint density at radius 1 is 1.00 bits per heavy atom. The fourth-order valence-corrected chi connectivity index (χ4v) is 3.12. The molecule has 0 aliphatic carbocycles. The van der Waals surface area contributed by atoms with Gasteiger partial charge >= 0.3 is 0 Å². The van der Waals surface area contributed by atoms with Crippen molar-refractivity contribution in [1.29, 1.82) is 0 Å². The summed E-state index contributed by atoms with van der Waals surface area (Å²) >= 11 is 0. The number of hydrogen-bond donors (Lipinski definition) is 1. The van der Waals surface area contributed by atoms with Crippen LogP contribution >= 0.6 is 0 Å². The van der Waals surface area contributed by atoms with E-state index in [1.165, 1.54) is 24.5 Å². The van der Waals surface area contributed by atoms with Crippen LogP contribution in [0.1, 0.15) is 0 Å². The van der Waals surface area contributed by atoms with Gasteiger partial charge < -0.3 is 5.32 Å². The van der Waals surface area contributed by atoms with Crippen molar-refractivity contribution in [2.24, 2.45) is 0 Å². The molecule has 4 rings (SSSR count). The second-order valence-electron chi connectivity index (χ2n) is 6.27. The molecule has 28 heavy (non-hydrogen) atoms. The van der Waals surface area contributed by atoms with Crippen LogP contribution in [-0.4, -0.2) is 15.9 Å². The lowest BCUT2D eigenvalue weighted by Gasteiger charge is -2.11. The molecular weight excluding hydrogens is 353 g/mol. The van der Waals surface area contributed by atoms with Gasteiger partial charge in [0.05, 0.1) is 5.52 Å². The first-order valence-electron chi connectivity index (χ1n) is 8.67. The molecule has 5 heteroatoms. The molecule has 0 saturated carbocycles. The van der Waals surface area contributed by atoms with Crippen LogP contribution in [0.15, 0.2) is 85.8 Å². The third kappa shape index (κ3) is 3.50. The van der Waals surface area contributed by atoms with Gasteiger partial charge in [0.2, 0.25) is 5.91 Å². The maximum Gasteiger partial charge on any atom is 0.247 e. The van der Waals surface area contributed by atoms with Gasteiger partial charge in [-0.3, -0.25) is 4.79 Å². The van der Waals surface area contributed by atoms with E-state index in [2.05, 4.69) is 21.9 Å². The minimum atomic E-state index is -0.294. The van der Waals surface area contributed by atoms with Crippen molar-refractivity contribution in [2.45, 2.75) is 0 Å². The minimum absolute atomic E-state index is 0.280. The number of nitrogens with zero attached hydrogens (tertiary/aromatic N) is 2. The third-order valence-electron chi connectivity index (χ3n) is 4.39. The van der Waals surface area contributed by atoms with E-state index in [4.69, 9.17) is 0 Å². The fraction of sp³-hybridized carbons (Fsp3) is 0. The predicted octanol–water partition coefficient (Wildman–Crippen LogP) is 5.23. The van der Waals surface area contributed by atoms with Crippen LogP contribution in [0.4, 0.5) is 10.1 Å². The molecule has 1 amide bonds. The van der Waals surface area contributed by atoms with Crippen molar-refractivity contribution in [3.05, 3.63) is 91.7 Å². The normalized spacial score (nSPS) is 10.6. The molecule has 0 aliphatic rings. The van der Waals surface area contributed by atoms with Crippen LogP contribution in [0.5, 0.6) is 0 Å². The highest BCUT2D eigenvalue weighted by molar-refractivity contribution is 6.01. The third-order valence-corrected chi connectivity index (χ3v) is 4.39. The number of rotatable bonds is 4. The van der Waals surface area contributed by atoms with Gasteiger partial charge in [-0.15, -0.1) is 0 Å². The van der Waals surface area contributed by atoms with Gasteiger partial charge in [-0.2, -0.15) is 0 Å². The van der Waals surface area contributed by atoms with E-state index in [1.807, 2.05) is 36.4 Å². The lowest BCUT2D eigenvalue weighted by Crippen LogP contribution is -2.07. The molecule has 1 aromatic heterocycles. The molecule has 4 nitrogen and oxygen atoms in total. The van der Waals surface area contributed by atoms with Crippen LogP contribution in [0.25, 0.3) is 33.2 Å². The highest BCUT2D eigenvalue weighted by atomic mass is 19.1. The Kier molecular flexibility index (Phi) is 4.64. The lowest BCUT2D eigenvalue weighted by atomic mass is 9.96. The van der Waals surface area contributed by atoms with E-state index in [0.717, 1.165) is 33.2 Å². The topological polar surface area (TPSA) is 54.9 Å². The van der Waals surface area contributed by atoms with Crippen LogP contribution < -0.4 is 5.32 Å². The molecule has 1 heterocycles. The zero-order valence-corrected chi connectivity index (χ0v) is 14.9. The average Bonchev–Trinajstić information content (AvgIpc) is 2.73. The summed E-state index contributed by atoms with van der Waals surface area (Å²) in [5.74, 6) is -0.574. The van der Waals surface area contributed by atoms with Crippen LogP contribution in [0, 0.1) is 5.82 Å². The molecular formula is C23H16FN3O. The molecule has 0 unspecified atom stereocenters. The van der Waals surface area contributed by atoms with Crippen molar-refractivity contribution in [2.75, 3.05) is 5.32 Å². The predicted molar refractivity (Wildman–Crippen MR) is 109 cm³/mol. The molecule has 1 N–H and O–H groups in total. The van der Waals surface area contributed by atoms with E-state index < -0.39 is 0 Å². The molecule has 0 atom stereocenters. The van der Waals surface area contributed by atoms with Crippen molar-refractivity contribution < 1.29 is 9.18 Å². The van der Waals surface area contributed by atoms with E-state index in [9.17, 15) is 9.18 Å². The Balaban J connectivity index is 1.90. The number of amides is 1. The summed E-state index contributed by atoms with van der Waals surface area (Å²) in [4.78, 5) is 20.2. The average molecular weight is 369 g/mol. The van der Waals surface area contributed by atoms with E-state index >= 15 is 0 Å². The summed E-state index contributed by atoms with van der Waals surface area (Å²) in [7, 11) is 0. The molecule has 3 aromatic carbocycles. The Morgan fingerprint density at radius 2 is 1.82 bits per heavy atom. The summed E-state index contributed by atoms with van der Waals surface area (Å²) in [6.45, 7) is 3.47. The van der Waals surface area contributed by atoms with Gasteiger partial charge in [0.25, 0.3) is 0 Å². The smallest absolute Gasteiger partial charge is 0.247 e. The lowest BCUT2D eigenvalue weighted by molar-refractivity contribution is -0.111. The number of hydrogen-bond acceptors (Lipinski definition) is 3. The Labute approximate surface area is 161 Å². The molecule has 0 bridgehead atoms. The number of anilines is 1. The Bertz CT molecular complexity index is 1200. The molecule has 0 saturated heterocycles. The highest BCUT2D eigenvalue weighted by Crippen LogP contribution is 2.34. The zero-order valence-electron chi connectivity index (χ0n) is 14.9. The molecule has 0 fully saturated rings. The van der Waals surface area contributed by atoms with E-state index in [1.54, 1.807) is 18.3 Å². The van der Waals surface area contributed by atoms with Gasteiger partial charge in [-0.25, -0.2) is 14.4 Å². The number of fused-ring (bicyclic) bond motifs is 1. The molecule has 136 valence electrons. The Morgan fingerprint density at radius 3 is 2.64 bits per heavy atom. The number of benzene rings is 3. The Hall–Kier alpha value is -3.86. The standard InChI is InChI=1S/C23H16FN3O/c1-2-22(28)27-20-8-4-6-16(11-20)21-12-17(15-5-3-7-19(24)10-15)9-18-13-25-14-26-23(18)21/h2-14H,1H2,(H,27,28). The summed E-state index contributed by atoms with van der Waals surface area (Å²) in [6, 6.07) is 17.8. The molecule has 0 aliphatic heterocycles. The number of halogens is 1. The number of aromatic nitrogens is 2. The van der Waals surface area contributed by atoms with Crippen molar-refractivity contribution in [1.82, 2.24) is 9.97 Å². The monoisotopic (exact) mass is 369 g/mol. The maximum atomic E-state index is 13.7. The highest BCUT2D eigenvalue weighted by Gasteiger charge is 2.11. The first-order chi connectivity index (χ1) is 13.6. The van der Waals surface area contributed by atoms with Crippen molar-refractivity contribution in [3.63, 3.8) is 0 Å². The van der Waals surface area contributed by atoms with Crippen LogP contribution in [0.2, 0.25) is 0 Å². The largest absolute Gasteiger partial charge is 0.323 e. The van der Waals surface area contributed by atoms with Crippen molar-refractivity contribution >= 4 is 22.5 Å². The van der Waals surface area contributed by atoms with Crippen LogP contribution in [-0.2, 0) is 4.79 Å². The minimum Gasteiger partial charge on any atom is -0.323 e. The summed E-state index contributed by atoms with van der Waals surface area (Å²) < 4.78 is 13.7.